The predicted octanol–water partition coefficient (Wildman–Crippen LogP) is 2.80. The Balaban J connectivity index is 2.37. The van der Waals surface area contributed by atoms with Crippen molar-refractivity contribution in [3.05, 3.63) is 48.6 Å². The Bertz CT molecular complexity index is 266. The van der Waals surface area contributed by atoms with E-state index >= 15 is 0 Å². The molecule has 1 nitrogen and oxygen atoms in total. The SMILES string of the molecule is C=CC(C)[C@@H](O)CCc1ccccc1. The minimum Gasteiger partial charge on any atom is -0.393 e. The molecule has 1 aromatic carbocycles. The number of aliphatic hydroxyl groups excluding tert-OH is 1. The lowest BCUT2D eigenvalue weighted by Crippen LogP contribution is -2.16. The van der Waals surface area contributed by atoms with Gasteiger partial charge in [-0.3, -0.25) is 0 Å². The maximum atomic E-state index is 9.71. The van der Waals surface area contributed by atoms with Gasteiger partial charge in [0, 0.05) is 0 Å². The summed E-state index contributed by atoms with van der Waals surface area (Å²) in [5.41, 5.74) is 1.28. The third-order valence-electron chi connectivity index (χ3n) is 2.55. The second-order valence-electron chi connectivity index (χ2n) is 3.69. The monoisotopic (exact) mass is 190 g/mol. The fourth-order valence-electron chi connectivity index (χ4n) is 1.38. The van der Waals surface area contributed by atoms with Crippen molar-refractivity contribution in [3.63, 3.8) is 0 Å². The summed E-state index contributed by atoms with van der Waals surface area (Å²) in [4.78, 5) is 0. The number of aryl methyl sites for hydroxylation is 1. The molecule has 0 amide bonds. The number of hydrogen-bond donors (Lipinski definition) is 1. The zero-order valence-electron chi connectivity index (χ0n) is 8.69. The molecule has 0 radical (unpaired) electrons. The first kappa shape index (κ1) is 11.0. The van der Waals surface area contributed by atoms with Crippen LogP contribution >= 0.6 is 0 Å². The lowest BCUT2D eigenvalue weighted by molar-refractivity contribution is 0.129. The Labute approximate surface area is 86.1 Å². The molecule has 0 heterocycles. The summed E-state index contributed by atoms with van der Waals surface area (Å²) in [5.74, 6) is 0.179. The topological polar surface area (TPSA) is 20.2 Å². The molecule has 14 heavy (non-hydrogen) atoms. The molecule has 1 unspecified atom stereocenters. The van der Waals surface area contributed by atoms with E-state index < -0.39 is 0 Å². The molecule has 76 valence electrons. The normalized spacial score (nSPS) is 14.7. The molecule has 0 aliphatic heterocycles. The van der Waals surface area contributed by atoms with Crippen LogP contribution in [-0.4, -0.2) is 11.2 Å². The van der Waals surface area contributed by atoms with Crippen LogP contribution in [0.15, 0.2) is 43.0 Å². The van der Waals surface area contributed by atoms with E-state index in [4.69, 9.17) is 0 Å². The summed E-state index contributed by atoms with van der Waals surface area (Å²) in [5, 5.41) is 9.71. The Morgan fingerprint density at radius 3 is 2.57 bits per heavy atom. The maximum Gasteiger partial charge on any atom is 0.0603 e. The zero-order valence-corrected chi connectivity index (χ0v) is 8.69. The molecule has 1 aromatic rings. The first-order valence-electron chi connectivity index (χ1n) is 5.08. The number of rotatable bonds is 5. The van der Waals surface area contributed by atoms with Gasteiger partial charge >= 0.3 is 0 Å². The van der Waals surface area contributed by atoms with Crippen molar-refractivity contribution in [2.75, 3.05) is 0 Å². The van der Waals surface area contributed by atoms with Crippen LogP contribution in [-0.2, 0) is 6.42 Å². The van der Waals surface area contributed by atoms with Crippen LogP contribution in [0.4, 0.5) is 0 Å². The predicted molar refractivity (Wildman–Crippen MR) is 60.1 cm³/mol. The number of benzene rings is 1. The van der Waals surface area contributed by atoms with Gasteiger partial charge in [-0.1, -0.05) is 43.3 Å². The number of aliphatic hydroxyl groups is 1. The van der Waals surface area contributed by atoms with Crippen LogP contribution in [0.3, 0.4) is 0 Å². The lowest BCUT2D eigenvalue weighted by atomic mass is 9.98. The molecule has 1 N–H and O–H groups in total. The second kappa shape index (κ2) is 5.61. The summed E-state index contributed by atoms with van der Waals surface area (Å²) < 4.78 is 0. The van der Waals surface area contributed by atoms with E-state index in [1.165, 1.54) is 5.56 Å². The van der Waals surface area contributed by atoms with E-state index in [9.17, 15) is 5.11 Å². The van der Waals surface area contributed by atoms with E-state index in [0.717, 1.165) is 12.8 Å². The lowest BCUT2D eigenvalue weighted by Gasteiger charge is -2.14. The molecule has 0 aliphatic rings. The van der Waals surface area contributed by atoms with Crippen LogP contribution in [0, 0.1) is 5.92 Å². The third-order valence-corrected chi connectivity index (χ3v) is 2.55. The third kappa shape index (κ3) is 3.35. The molecule has 0 bridgehead atoms. The average molecular weight is 190 g/mol. The minimum absolute atomic E-state index is 0.179. The highest BCUT2D eigenvalue weighted by molar-refractivity contribution is 5.14. The molecule has 1 heteroatoms. The van der Waals surface area contributed by atoms with E-state index in [0.29, 0.717) is 0 Å². The van der Waals surface area contributed by atoms with E-state index in [-0.39, 0.29) is 12.0 Å². The first-order chi connectivity index (χ1) is 6.74. The molecule has 0 saturated carbocycles. The largest absolute Gasteiger partial charge is 0.393 e. The Morgan fingerprint density at radius 1 is 1.36 bits per heavy atom. The van der Waals surface area contributed by atoms with Crippen LogP contribution in [0.25, 0.3) is 0 Å². The van der Waals surface area contributed by atoms with Crippen molar-refractivity contribution < 1.29 is 5.11 Å². The second-order valence-corrected chi connectivity index (χ2v) is 3.69. The Morgan fingerprint density at radius 2 is 2.00 bits per heavy atom. The molecule has 0 aliphatic carbocycles. The van der Waals surface area contributed by atoms with Gasteiger partial charge in [0.15, 0.2) is 0 Å². The van der Waals surface area contributed by atoms with Gasteiger partial charge in [0.05, 0.1) is 6.10 Å². The fraction of sp³-hybridized carbons (Fsp3) is 0.385. The number of hydrogen-bond acceptors (Lipinski definition) is 1. The van der Waals surface area contributed by atoms with Crippen LogP contribution in [0.2, 0.25) is 0 Å². The van der Waals surface area contributed by atoms with Crippen molar-refractivity contribution in [1.82, 2.24) is 0 Å². The van der Waals surface area contributed by atoms with E-state index in [2.05, 4.69) is 18.7 Å². The van der Waals surface area contributed by atoms with Gasteiger partial charge in [-0.25, -0.2) is 0 Å². The van der Waals surface area contributed by atoms with E-state index in [1.54, 1.807) is 6.08 Å². The van der Waals surface area contributed by atoms with Gasteiger partial charge in [-0.2, -0.15) is 0 Å². The highest BCUT2D eigenvalue weighted by atomic mass is 16.3. The van der Waals surface area contributed by atoms with Gasteiger partial charge in [0.1, 0.15) is 0 Å². The zero-order chi connectivity index (χ0) is 10.4. The molecule has 0 fully saturated rings. The smallest absolute Gasteiger partial charge is 0.0603 e. The van der Waals surface area contributed by atoms with Crippen molar-refractivity contribution in [2.24, 2.45) is 5.92 Å². The van der Waals surface area contributed by atoms with Gasteiger partial charge in [0.25, 0.3) is 0 Å². The molecule has 0 spiro atoms. The summed E-state index contributed by atoms with van der Waals surface area (Å²) >= 11 is 0. The van der Waals surface area contributed by atoms with Crippen LogP contribution in [0.1, 0.15) is 18.9 Å². The van der Waals surface area contributed by atoms with Gasteiger partial charge in [-0.15, -0.1) is 6.58 Å². The van der Waals surface area contributed by atoms with Crippen molar-refractivity contribution in [1.29, 1.82) is 0 Å². The van der Waals surface area contributed by atoms with Gasteiger partial charge < -0.3 is 5.11 Å². The van der Waals surface area contributed by atoms with E-state index in [1.807, 2.05) is 25.1 Å². The first-order valence-corrected chi connectivity index (χ1v) is 5.08. The van der Waals surface area contributed by atoms with Gasteiger partial charge in [-0.05, 0) is 24.3 Å². The summed E-state index contributed by atoms with van der Waals surface area (Å²) in [6, 6.07) is 10.2. The molecule has 0 aromatic heterocycles. The molecule has 1 rings (SSSR count). The fourth-order valence-corrected chi connectivity index (χ4v) is 1.38. The summed E-state index contributed by atoms with van der Waals surface area (Å²) in [6.45, 7) is 5.67. The van der Waals surface area contributed by atoms with Crippen molar-refractivity contribution in [2.45, 2.75) is 25.9 Å². The Kier molecular flexibility index (Phi) is 4.41. The molecular formula is C13H18O. The summed E-state index contributed by atoms with van der Waals surface area (Å²) in [6.07, 6.45) is 3.26. The molecule has 2 atom stereocenters. The standard InChI is InChI=1S/C13H18O/c1-3-11(2)13(14)10-9-12-7-5-4-6-8-12/h3-8,11,13-14H,1,9-10H2,2H3/t11?,13-/m0/s1. The maximum absolute atomic E-state index is 9.71. The van der Waals surface area contributed by atoms with Crippen molar-refractivity contribution in [3.8, 4) is 0 Å². The van der Waals surface area contributed by atoms with Crippen molar-refractivity contribution >= 4 is 0 Å². The van der Waals surface area contributed by atoms with Gasteiger partial charge in [0.2, 0.25) is 0 Å². The molecule has 0 saturated heterocycles. The Hall–Kier alpha value is -1.08. The van der Waals surface area contributed by atoms with Crippen LogP contribution in [0.5, 0.6) is 0 Å². The highest BCUT2D eigenvalue weighted by Gasteiger charge is 2.09. The average Bonchev–Trinajstić information content (AvgIpc) is 2.26. The quantitative estimate of drug-likeness (QED) is 0.708. The van der Waals surface area contributed by atoms with Crippen LogP contribution < -0.4 is 0 Å². The summed E-state index contributed by atoms with van der Waals surface area (Å²) in [7, 11) is 0. The highest BCUT2D eigenvalue weighted by Crippen LogP contribution is 2.11. The molecular weight excluding hydrogens is 172 g/mol. The minimum atomic E-state index is -0.271.